The first-order chi connectivity index (χ1) is 9.92. The molecule has 0 radical (unpaired) electrons. The van der Waals surface area contributed by atoms with Crippen molar-refractivity contribution in [2.75, 3.05) is 13.7 Å². The van der Waals surface area contributed by atoms with Gasteiger partial charge in [-0.1, -0.05) is 20.4 Å². The number of hydrogen-bond donors (Lipinski definition) is 2. The molecule has 0 unspecified atom stereocenters. The molecule has 0 aliphatic carbocycles. The zero-order chi connectivity index (χ0) is 16.0. The molecule has 7 nitrogen and oxygen atoms in total. The number of nitrogens with one attached hydrogen (secondary N) is 1. The van der Waals surface area contributed by atoms with E-state index >= 15 is 0 Å². The molecule has 0 spiro atoms. The Balaban J connectivity index is 2.89. The fraction of sp³-hybridized carbons (Fsp3) is 0.643. The van der Waals surface area contributed by atoms with Crippen LogP contribution in [-0.4, -0.2) is 48.5 Å². The van der Waals surface area contributed by atoms with Gasteiger partial charge in [0.25, 0.3) is 0 Å². The molecule has 2 amide bonds. The van der Waals surface area contributed by atoms with Gasteiger partial charge in [0.05, 0.1) is 13.2 Å². The van der Waals surface area contributed by atoms with E-state index in [2.05, 4.69) is 21.6 Å². The Morgan fingerprint density at radius 2 is 2.19 bits per heavy atom. The summed E-state index contributed by atoms with van der Waals surface area (Å²) in [6.45, 7) is 7.84. The zero-order valence-electron chi connectivity index (χ0n) is 12.8. The maximum atomic E-state index is 12.7. The molecule has 7 heteroatoms. The molecule has 0 aromatic carbocycles. The van der Waals surface area contributed by atoms with Crippen LogP contribution in [0.4, 0.5) is 4.79 Å². The standard InChI is InChI=1S/C14H24N4O3/c1-5-16-12(15)10-7-6-8-18(10)13(19)11(9(2)3)17-14(20)21-4/h5,9-11H,1,6-8H2,2-4H3,(H2,15,16)(H,17,20)/t10-,11+/m0/s1. The largest absolute Gasteiger partial charge is 0.453 e. The Hall–Kier alpha value is -2.05. The second kappa shape index (κ2) is 7.66. The summed E-state index contributed by atoms with van der Waals surface area (Å²) in [5, 5.41) is 2.58. The topological polar surface area (TPSA) is 97.0 Å². The number of carbonyl (C=O) groups is 2. The van der Waals surface area contributed by atoms with Crippen molar-refractivity contribution in [2.45, 2.75) is 38.8 Å². The summed E-state index contributed by atoms with van der Waals surface area (Å²) in [6.07, 6.45) is 2.36. The predicted molar refractivity (Wildman–Crippen MR) is 80.7 cm³/mol. The molecule has 1 aliphatic rings. The van der Waals surface area contributed by atoms with Gasteiger partial charge < -0.3 is 20.7 Å². The number of nitrogens with zero attached hydrogens (tertiary/aromatic N) is 2. The van der Waals surface area contributed by atoms with Crippen LogP contribution in [0.25, 0.3) is 0 Å². The van der Waals surface area contributed by atoms with Gasteiger partial charge in [-0.25, -0.2) is 9.79 Å². The highest BCUT2D eigenvalue weighted by Gasteiger charge is 2.36. The van der Waals surface area contributed by atoms with E-state index in [4.69, 9.17) is 5.73 Å². The lowest BCUT2D eigenvalue weighted by Crippen LogP contribution is -2.54. The molecule has 2 atom stereocenters. The van der Waals surface area contributed by atoms with Crippen molar-refractivity contribution < 1.29 is 14.3 Å². The predicted octanol–water partition coefficient (Wildman–Crippen LogP) is 0.859. The van der Waals surface area contributed by atoms with Crippen LogP contribution in [0.2, 0.25) is 0 Å². The van der Waals surface area contributed by atoms with Crippen LogP contribution in [0.1, 0.15) is 26.7 Å². The van der Waals surface area contributed by atoms with Gasteiger partial charge in [0.2, 0.25) is 5.91 Å². The van der Waals surface area contributed by atoms with Crippen LogP contribution in [0, 0.1) is 5.92 Å². The minimum Gasteiger partial charge on any atom is -0.453 e. The van der Waals surface area contributed by atoms with Gasteiger partial charge in [-0.15, -0.1) is 0 Å². The third-order valence-corrected chi connectivity index (χ3v) is 3.51. The molecule has 1 rings (SSSR count). The van der Waals surface area contributed by atoms with Crippen molar-refractivity contribution in [1.82, 2.24) is 10.2 Å². The van der Waals surface area contributed by atoms with Gasteiger partial charge >= 0.3 is 6.09 Å². The molecule has 0 saturated carbocycles. The number of likely N-dealkylation sites (tertiary alicyclic amines) is 1. The minimum absolute atomic E-state index is 0.0598. The quantitative estimate of drug-likeness (QED) is 0.581. The van der Waals surface area contributed by atoms with Crippen molar-refractivity contribution in [1.29, 1.82) is 0 Å². The second-order valence-electron chi connectivity index (χ2n) is 5.28. The number of amides is 2. The third kappa shape index (κ3) is 4.21. The summed E-state index contributed by atoms with van der Waals surface area (Å²) < 4.78 is 4.57. The van der Waals surface area contributed by atoms with Crippen LogP contribution in [0.3, 0.4) is 0 Å². The Kier molecular flexibility index (Phi) is 6.20. The number of amidine groups is 1. The van der Waals surface area contributed by atoms with Gasteiger partial charge in [0.15, 0.2) is 0 Å². The molecule has 21 heavy (non-hydrogen) atoms. The molecule has 0 aromatic heterocycles. The minimum atomic E-state index is -0.644. The summed E-state index contributed by atoms with van der Waals surface area (Å²) in [7, 11) is 1.27. The van der Waals surface area contributed by atoms with E-state index in [9.17, 15) is 9.59 Å². The maximum absolute atomic E-state index is 12.7. The molecule has 0 aromatic rings. The number of carbonyl (C=O) groups excluding carboxylic acids is 2. The smallest absolute Gasteiger partial charge is 0.407 e. The monoisotopic (exact) mass is 296 g/mol. The molecule has 0 bridgehead atoms. The SMILES string of the molecule is C=C/N=C(\N)[C@@H]1CCCN1C(=O)[C@H](NC(=O)OC)C(C)C. The summed E-state index contributed by atoms with van der Waals surface area (Å²) in [6, 6.07) is -0.884. The highest BCUT2D eigenvalue weighted by atomic mass is 16.5. The van der Waals surface area contributed by atoms with E-state index in [1.807, 2.05) is 13.8 Å². The van der Waals surface area contributed by atoms with Gasteiger partial charge in [0, 0.05) is 12.7 Å². The van der Waals surface area contributed by atoms with E-state index in [0.717, 1.165) is 12.8 Å². The number of nitrogens with two attached hydrogens (primary N) is 1. The zero-order valence-corrected chi connectivity index (χ0v) is 12.8. The van der Waals surface area contributed by atoms with Gasteiger partial charge in [0.1, 0.15) is 11.9 Å². The van der Waals surface area contributed by atoms with Crippen LogP contribution >= 0.6 is 0 Å². The molecule has 1 fully saturated rings. The first-order valence-electron chi connectivity index (χ1n) is 7.01. The molecular formula is C14H24N4O3. The lowest BCUT2D eigenvalue weighted by molar-refractivity contribution is -0.134. The second-order valence-corrected chi connectivity index (χ2v) is 5.28. The van der Waals surface area contributed by atoms with Crippen LogP contribution < -0.4 is 11.1 Å². The Morgan fingerprint density at radius 3 is 2.71 bits per heavy atom. The normalized spacial score (nSPS) is 20.3. The maximum Gasteiger partial charge on any atom is 0.407 e. The van der Waals surface area contributed by atoms with Crippen molar-refractivity contribution in [2.24, 2.45) is 16.6 Å². The number of aliphatic imine (C=N–C) groups is 1. The number of ether oxygens (including phenoxy) is 1. The number of rotatable bonds is 5. The van der Waals surface area contributed by atoms with Crippen molar-refractivity contribution >= 4 is 17.8 Å². The Morgan fingerprint density at radius 1 is 1.52 bits per heavy atom. The van der Waals surface area contributed by atoms with E-state index in [0.29, 0.717) is 12.4 Å². The average molecular weight is 296 g/mol. The van der Waals surface area contributed by atoms with Crippen LogP contribution in [0.5, 0.6) is 0 Å². The fourth-order valence-electron chi connectivity index (χ4n) is 2.41. The Bertz CT molecular complexity index is 434. The van der Waals surface area contributed by atoms with E-state index in [1.54, 1.807) is 4.90 Å². The summed E-state index contributed by atoms with van der Waals surface area (Å²) in [5.41, 5.74) is 5.89. The first kappa shape index (κ1) is 17.0. The third-order valence-electron chi connectivity index (χ3n) is 3.51. The molecule has 1 heterocycles. The van der Waals surface area contributed by atoms with Crippen molar-refractivity contribution in [3.8, 4) is 0 Å². The highest BCUT2D eigenvalue weighted by Crippen LogP contribution is 2.20. The molecular weight excluding hydrogens is 272 g/mol. The van der Waals surface area contributed by atoms with Crippen LogP contribution in [-0.2, 0) is 9.53 Å². The van der Waals surface area contributed by atoms with Gasteiger partial charge in [-0.3, -0.25) is 4.79 Å². The number of alkyl carbamates (subject to hydrolysis) is 1. The van der Waals surface area contributed by atoms with Crippen molar-refractivity contribution in [3.05, 3.63) is 12.8 Å². The number of methoxy groups -OCH3 is 1. The molecule has 1 saturated heterocycles. The van der Waals surface area contributed by atoms with Gasteiger partial charge in [-0.2, -0.15) is 0 Å². The Labute approximate surface area is 125 Å². The lowest BCUT2D eigenvalue weighted by Gasteiger charge is -2.30. The molecule has 3 N–H and O–H groups in total. The number of hydrogen-bond acceptors (Lipinski definition) is 4. The summed E-state index contributed by atoms with van der Waals surface area (Å²) in [4.78, 5) is 29.7. The van der Waals surface area contributed by atoms with Crippen LogP contribution in [0.15, 0.2) is 17.8 Å². The van der Waals surface area contributed by atoms with Gasteiger partial charge in [-0.05, 0) is 18.8 Å². The molecule has 118 valence electrons. The van der Waals surface area contributed by atoms with E-state index in [-0.39, 0.29) is 17.9 Å². The average Bonchev–Trinajstić information content (AvgIpc) is 2.93. The first-order valence-corrected chi connectivity index (χ1v) is 7.01. The lowest BCUT2D eigenvalue weighted by atomic mass is 10.0. The van der Waals surface area contributed by atoms with E-state index in [1.165, 1.54) is 13.3 Å². The van der Waals surface area contributed by atoms with Crippen molar-refractivity contribution in [3.63, 3.8) is 0 Å². The fourth-order valence-corrected chi connectivity index (χ4v) is 2.41. The molecule has 1 aliphatic heterocycles. The van der Waals surface area contributed by atoms with E-state index < -0.39 is 12.1 Å². The summed E-state index contributed by atoms with van der Waals surface area (Å²) in [5.74, 6) is 0.145. The highest BCUT2D eigenvalue weighted by molar-refractivity contribution is 5.93. The summed E-state index contributed by atoms with van der Waals surface area (Å²) >= 11 is 0.